The van der Waals surface area contributed by atoms with Gasteiger partial charge in [0.2, 0.25) is 0 Å². The summed E-state index contributed by atoms with van der Waals surface area (Å²) in [4.78, 5) is 0. The van der Waals surface area contributed by atoms with Crippen molar-refractivity contribution in [2.24, 2.45) is 0 Å². The predicted molar refractivity (Wildman–Crippen MR) is 73.8 cm³/mol. The van der Waals surface area contributed by atoms with E-state index in [-0.39, 0.29) is 0 Å². The van der Waals surface area contributed by atoms with Crippen LogP contribution in [0.3, 0.4) is 0 Å². The SMILES string of the molecule is CNCCCCCOc1cccc(C(C)C)c1. The van der Waals surface area contributed by atoms with Gasteiger partial charge in [0.15, 0.2) is 0 Å². The van der Waals surface area contributed by atoms with Crippen molar-refractivity contribution in [3.05, 3.63) is 29.8 Å². The topological polar surface area (TPSA) is 21.3 Å². The molecule has 2 heteroatoms. The summed E-state index contributed by atoms with van der Waals surface area (Å²) < 4.78 is 5.76. The lowest BCUT2D eigenvalue weighted by Crippen LogP contribution is -2.07. The quantitative estimate of drug-likeness (QED) is 0.695. The first kappa shape index (κ1) is 14.0. The van der Waals surface area contributed by atoms with Crippen molar-refractivity contribution in [3.63, 3.8) is 0 Å². The predicted octanol–water partition coefficient (Wildman–Crippen LogP) is 3.58. The fourth-order valence-electron chi connectivity index (χ4n) is 1.73. The van der Waals surface area contributed by atoms with E-state index in [1.807, 2.05) is 13.1 Å². The zero-order valence-corrected chi connectivity index (χ0v) is 11.3. The highest BCUT2D eigenvalue weighted by molar-refractivity contribution is 5.30. The molecule has 17 heavy (non-hydrogen) atoms. The molecule has 0 spiro atoms. The van der Waals surface area contributed by atoms with E-state index in [9.17, 15) is 0 Å². The van der Waals surface area contributed by atoms with Crippen molar-refractivity contribution in [2.45, 2.75) is 39.0 Å². The highest BCUT2D eigenvalue weighted by Crippen LogP contribution is 2.20. The summed E-state index contributed by atoms with van der Waals surface area (Å²) in [5, 5.41) is 3.16. The van der Waals surface area contributed by atoms with E-state index in [1.54, 1.807) is 0 Å². The zero-order chi connectivity index (χ0) is 12.5. The van der Waals surface area contributed by atoms with E-state index in [4.69, 9.17) is 4.74 Å². The molecule has 1 aromatic carbocycles. The Morgan fingerprint density at radius 1 is 1.18 bits per heavy atom. The summed E-state index contributed by atoms with van der Waals surface area (Å²) in [7, 11) is 1.99. The number of ether oxygens (including phenoxy) is 1. The summed E-state index contributed by atoms with van der Waals surface area (Å²) in [6.45, 7) is 6.34. The zero-order valence-electron chi connectivity index (χ0n) is 11.3. The van der Waals surface area contributed by atoms with Crippen LogP contribution in [0.5, 0.6) is 5.75 Å². The molecule has 0 bridgehead atoms. The van der Waals surface area contributed by atoms with Crippen molar-refractivity contribution in [3.8, 4) is 5.75 Å². The van der Waals surface area contributed by atoms with Crippen LogP contribution in [-0.4, -0.2) is 20.2 Å². The van der Waals surface area contributed by atoms with Gasteiger partial charge in [-0.2, -0.15) is 0 Å². The van der Waals surface area contributed by atoms with E-state index in [1.165, 1.54) is 18.4 Å². The molecular weight excluding hydrogens is 210 g/mol. The lowest BCUT2D eigenvalue weighted by molar-refractivity contribution is 0.305. The molecule has 0 unspecified atom stereocenters. The fraction of sp³-hybridized carbons (Fsp3) is 0.600. The molecule has 0 radical (unpaired) electrons. The summed E-state index contributed by atoms with van der Waals surface area (Å²) >= 11 is 0. The Labute approximate surface area is 105 Å². The molecule has 96 valence electrons. The smallest absolute Gasteiger partial charge is 0.119 e. The average molecular weight is 235 g/mol. The molecule has 0 heterocycles. The maximum absolute atomic E-state index is 5.76. The van der Waals surface area contributed by atoms with Gasteiger partial charge in [-0.25, -0.2) is 0 Å². The van der Waals surface area contributed by atoms with Crippen LogP contribution >= 0.6 is 0 Å². The number of nitrogens with one attached hydrogen (secondary N) is 1. The molecule has 0 aliphatic carbocycles. The molecule has 1 N–H and O–H groups in total. The molecule has 0 aliphatic rings. The van der Waals surface area contributed by atoms with E-state index in [0.29, 0.717) is 5.92 Å². The van der Waals surface area contributed by atoms with Gasteiger partial charge in [0.1, 0.15) is 5.75 Å². The maximum atomic E-state index is 5.76. The van der Waals surface area contributed by atoms with Crippen LogP contribution in [0.15, 0.2) is 24.3 Å². The van der Waals surface area contributed by atoms with Crippen molar-refractivity contribution in [1.29, 1.82) is 0 Å². The third kappa shape index (κ3) is 5.73. The summed E-state index contributed by atoms with van der Waals surface area (Å²) in [6.07, 6.45) is 3.59. The Bertz CT molecular complexity index is 310. The minimum absolute atomic E-state index is 0.564. The molecule has 0 aliphatic heterocycles. The van der Waals surface area contributed by atoms with E-state index in [0.717, 1.165) is 25.3 Å². The minimum atomic E-state index is 0.564. The highest BCUT2D eigenvalue weighted by Gasteiger charge is 2.00. The molecule has 0 aromatic heterocycles. The second-order valence-electron chi connectivity index (χ2n) is 4.74. The third-order valence-corrected chi connectivity index (χ3v) is 2.86. The molecule has 0 saturated carbocycles. The van der Waals surface area contributed by atoms with Gasteiger partial charge in [-0.05, 0) is 56.5 Å². The standard InChI is InChI=1S/C15H25NO/c1-13(2)14-8-7-9-15(12-14)17-11-6-4-5-10-16-3/h7-9,12-13,16H,4-6,10-11H2,1-3H3. The molecule has 0 fully saturated rings. The first-order valence-electron chi connectivity index (χ1n) is 6.61. The number of benzene rings is 1. The number of hydrogen-bond acceptors (Lipinski definition) is 2. The summed E-state index contributed by atoms with van der Waals surface area (Å²) in [6, 6.07) is 8.42. The van der Waals surface area contributed by atoms with Crippen LogP contribution in [0.25, 0.3) is 0 Å². The van der Waals surface area contributed by atoms with E-state index in [2.05, 4.69) is 37.4 Å². The Balaban J connectivity index is 2.24. The lowest BCUT2D eigenvalue weighted by atomic mass is 10.0. The Hall–Kier alpha value is -1.02. The normalized spacial score (nSPS) is 10.8. The van der Waals surface area contributed by atoms with Crippen molar-refractivity contribution in [2.75, 3.05) is 20.2 Å². The number of unbranched alkanes of at least 4 members (excludes halogenated alkanes) is 2. The average Bonchev–Trinajstić information content (AvgIpc) is 2.34. The van der Waals surface area contributed by atoms with Gasteiger partial charge in [-0.1, -0.05) is 26.0 Å². The van der Waals surface area contributed by atoms with Crippen LogP contribution in [-0.2, 0) is 0 Å². The van der Waals surface area contributed by atoms with E-state index >= 15 is 0 Å². The molecule has 0 amide bonds. The Morgan fingerprint density at radius 3 is 2.71 bits per heavy atom. The highest BCUT2D eigenvalue weighted by atomic mass is 16.5. The van der Waals surface area contributed by atoms with Gasteiger partial charge in [-0.3, -0.25) is 0 Å². The molecular formula is C15H25NO. The Morgan fingerprint density at radius 2 is 2.00 bits per heavy atom. The van der Waals surface area contributed by atoms with Gasteiger partial charge in [0, 0.05) is 0 Å². The first-order chi connectivity index (χ1) is 8.24. The van der Waals surface area contributed by atoms with Crippen LogP contribution in [0.2, 0.25) is 0 Å². The van der Waals surface area contributed by atoms with Crippen LogP contribution in [0.1, 0.15) is 44.6 Å². The van der Waals surface area contributed by atoms with Gasteiger partial charge in [0.05, 0.1) is 6.61 Å². The lowest BCUT2D eigenvalue weighted by Gasteiger charge is -2.09. The van der Waals surface area contributed by atoms with Gasteiger partial charge >= 0.3 is 0 Å². The molecule has 2 nitrogen and oxygen atoms in total. The summed E-state index contributed by atoms with van der Waals surface area (Å²) in [5.41, 5.74) is 1.35. The van der Waals surface area contributed by atoms with Crippen molar-refractivity contribution in [1.82, 2.24) is 5.32 Å². The van der Waals surface area contributed by atoms with Gasteiger partial charge < -0.3 is 10.1 Å². The number of rotatable bonds is 8. The first-order valence-corrected chi connectivity index (χ1v) is 6.61. The minimum Gasteiger partial charge on any atom is -0.494 e. The van der Waals surface area contributed by atoms with E-state index < -0.39 is 0 Å². The van der Waals surface area contributed by atoms with Crippen LogP contribution in [0, 0.1) is 0 Å². The molecule has 0 atom stereocenters. The maximum Gasteiger partial charge on any atom is 0.119 e. The van der Waals surface area contributed by atoms with Crippen LogP contribution in [0.4, 0.5) is 0 Å². The molecule has 1 aromatic rings. The molecule has 0 saturated heterocycles. The van der Waals surface area contributed by atoms with Gasteiger partial charge in [-0.15, -0.1) is 0 Å². The molecule has 1 rings (SSSR count). The largest absolute Gasteiger partial charge is 0.494 e. The van der Waals surface area contributed by atoms with Gasteiger partial charge in [0.25, 0.3) is 0 Å². The fourth-order valence-corrected chi connectivity index (χ4v) is 1.73. The third-order valence-electron chi connectivity index (χ3n) is 2.86. The summed E-state index contributed by atoms with van der Waals surface area (Å²) in [5.74, 6) is 1.57. The Kier molecular flexibility index (Phi) is 6.71. The van der Waals surface area contributed by atoms with Crippen molar-refractivity contribution >= 4 is 0 Å². The number of hydrogen-bond donors (Lipinski definition) is 1. The monoisotopic (exact) mass is 235 g/mol. The second-order valence-corrected chi connectivity index (χ2v) is 4.74. The van der Waals surface area contributed by atoms with Crippen LogP contribution < -0.4 is 10.1 Å². The van der Waals surface area contributed by atoms with Crippen molar-refractivity contribution < 1.29 is 4.74 Å². The second kappa shape index (κ2) is 8.13.